The summed E-state index contributed by atoms with van der Waals surface area (Å²) in [5.41, 5.74) is 2.25. The van der Waals surface area contributed by atoms with Crippen molar-refractivity contribution < 1.29 is 0 Å². The topological polar surface area (TPSA) is 36.7 Å². The Morgan fingerprint density at radius 3 is 2.67 bits per heavy atom. The molecule has 0 radical (unpaired) electrons. The second-order valence-corrected chi connectivity index (χ2v) is 4.84. The summed E-state index contributed by atoms with van der Waals surface area (Å²) in [5.74, 6) is 0. The van der Waals surface area contributed by atoms with Gasteiger partial charge in [-0.15, -0.1) is 0 Å². The Bertz CT molecular complexity index is 633. The molecule has 0 amide bonds. The molecule has 18 heavy (non-hydrogen) atoms. The zero-order chi connectivity index (χ0) is 13.1. The molecule has 5 heteroatoms. The normalized spacial score (nSPS) is 10.1. The van der Waals surface area contributed by atoms with Crippen LogP contribution in [0.4, 0.5) is 0 Å². The van der Waals surface area contributed by atoms with E-state index in [1.54, 1.807) is 30.5 Å². The predicted molar refractivity (Wildman–Crippen MR) is 74.0 cm³/mol. The molecule has 0 aliphatic heterocycles. The van der Waals surface area contributed by atoms with Gasteiger partial charge in [-0.25, -0.2) is 0 Å². The molecule has 2 rings (SSSR count). The molecule has 0 fully saturated rings. The molecule has 2 aromatic rings. The lowest BCUT2D eigenvalue weighted by Gasteiger charge is -2.08. The van der Waals surface area contributed by atoms with E-state index in [2.05, 4.69) is 11.1 Å². The number of benzene rings is 1. The maximum atomic E-state index is 8.67. The third-order valence-corrected chi connectivity index (χ3v) is 3.40. The lowest BCUT2D eigenvalue weighted by atomic mass is 10.1. The molecule has 2 nitrogen and oxygen atoms in total. The quantitative estimate of drug-likeness (QED) is 0.748. The number of nitrogens with zero attached hydrogens (tertiary/aromatic N) is 2. The zero-order valence-corrected chi connectivity index (χ0v) is 11.4. The van der Waals surface area contributed by atoms with Crippen molar-refractivity contribution in [3.05, 3.63) is 51.2 Å². The number of hydrogen-bond donors (Lipinski definition) is 0. The minimum atomic E-state index is 0.250. The maximum Gasteiger partial charge on any atom is 0.0774 e. The van der Waals surface area contributed by atoms with Crippen LogP contribution in [-0.2, 0) is 6.42 Å². The fourth-order valence-corrected chi connectivity index (χ4v) is 2.30. The summed E-state index contributed by atoms with van der Waals surface area (Å²) in [6.07, 6.45) is 1.88. The van der Waals surface area contributed by atoms with Crippen molar-refractivity contribution in [1.29, 1.82) is 5.26 Å². The molecule has 0 saturated carbocycles. The van der Waals surface area contributed by atoms with E-state index in [0.29, 0.717) is 20.8 Å². The molecule has 0 saturated heterocycles. The van der Waals surface area contributed by atoms with Gasteiger partial charge < -0.3 is 0 Å². The lowest BCUT2D eigenvalue weighted by Crippen LogP contribution is -1.89. The van der Waals surface area contributed by atoms with Crippen molar-refractivity contribution in [1.82, 2.24) is 4.98 Å². The second kappa shape index (κ2) is 5.58. The van der Waals surface area contributed by atoms with Crippen LogP contribution in [0.1, 0.15) is 5.69 Å². The largest absolute Gasteiger partial charge is 0.260 e. The van der Waals surface area contributed by atoms with Crippen molar-refractivity contribution in [3.8, 4) is 17.2 Å². The summed E-state index contributed by atoms with van der Waals surface area (Å²) in [6, 6.07) is 8.98. The number of pyridine rings is 1. The van der Waals surface area contributed by atoms with Crippen molar-refractivity contribution in [2.24, 2.45) is 0 Å². The van der Waals surface area contributed by atoms with Gasteiger partial charge in [-0.2, -0.15) is 5.26 Å². The molecule has 0 spiro atoms. The number of rotatable bonds is 2. The smallest absolute Gasteiger partial charge is 0.0774 e. The Hall–Kier alpha value is -1.27. The maximum absolute atomic E-state index is 8.67. The van der Waals surface area contributed by atoms with Gasteiger partial charge >= 0.3 is 0 Å². The first-order valence-corrected chi connectivity index (χ1v) is 6.22. The number of halogens is 3. The van der Waals surface area contributed by atoms with Crippen LogP contribution in [0.2, 0.25) is 15.1 Å². The van der Waals surface area contributed by atoms with Crippen LogP contribution in [0.15, 0.2) is 30.5 Å². The molecule has 0 atom stereocenters. The molecular weight excluding hydrogens is 291 g/mol. The minimum absolute atomic E-state index is 0.250. The molecule has 0 aliphatic rings. The van der Waals surface area contributed by atoms with Gasteiger partial charge in [0.15, 0.2) is 0 Å². The number of aromatic nitrogens is 1. The van der Waals surface area contributed by atoms with E-state index < -0.39 is 0 Å². The van der Waals surface area contributed by atoms with Crippen LogP contribution >= 0.6 is 34.8 Å². The van der Waals surface area contributed by atoms with Gasteiger partial charge in [-0.3, -0.25) is 4.98 Å². The van der Waals surface area contributed by atoms with Crippen molar-refractivity contribution in [3.63, 3.8) is 0 Å². The Kier molecular flexibility index (Phi) is 4.08. The molecule has 0 unspecified atom stereocenters. The molecule has 0 aliphatic carbocycles. The summed E-state index contributed by atoms with van der Waals surface area (Å²) >= 11 is 18.1. The lowest BCUT2D eigenvalue weighted by molar-refractivity contribution is 1.12. The molecule has 0 bridgehead atoms. The van der Waals surface area contributed by atoms with Crippen molar-refractivity contribution >= 4 is 34.8 Å². The van der Waals surface area contributed by atoms with Gasteiger partial charge in [0.05, 0.1) is 28.2 Å². The predicted octanol–water partition coefficient (Wildman–Crippen LogP) is 4.77. The van der Waals surface area contributed by atoms with Crippen LogP contribution in [0, 0.1) is 11.3 Å². The zero-order valence-electron chi connectivity index (χ0n) is 9.12. The Morgan fingerprint density at radius 1 is 1.17 bits per heavy atom. The van der Waals surface area contributed by atoms with E-state index in [-0.39, 0.29) is 6.42 Å². The average Bonchev–Trinajstić information content (AvgIpc) is 2.34. The Morgan fingerprint density at radius 2 is 1.94 bits per heavy atom. The Balaban J connectivity index is 2.55. The van der Waals surface area contributed by atoms with E-state index in [0.717, 1.165) is 11.1 Å². The molecule has 90 valence electrons. The third-order valence-electron chi connectivity index (χ3n) is 2.38. The van der Waals surface area contributed by atoms with Gasteiger partial charge in [0, 0.05) is 16.8 Å². The third kappa shape index (κ3) is 2.76. The van der Waals surface area contributed by atoms with E-state index in [9.17, 15) is 0 Å². The van der Waals surface area contributed by atoms with E-state index in [1.807, 2.05) is 0 Å². The van der Waals surface area contributed by atoms with Crippen LogP contribution < -0.4 is 0 Å². The van der Waals surface area contributed by atoms with Gasteiger partial charge in [0.25, 0.3) is 0 Å². The Labute approximate surface area is 120 Å². The summed E-state index contributed by atoms with van der Waals surface area (Å²) in [5, 5.41) is 10.0. The first-order chi connectivity index (χ1) is 8.61. The fraction of sp³-hybridized carbons (Fsp3) is 0.0769. The molecular formula is C13H7Cl3N2. The average molecular weight is 298 g/mol. The minimum Gasteiger partial charge on any atom is -0.260 e. The first kappa shape index (κ1) is 13.2. The molecule has 1 heterocycles. The van der Waals surface area contributed by atoms with Crippen molar-refractivity contribution in [2.75, 3.05) is 0 Å². The SMILES string of the molecule is N#CCc1cc(-c2cc(Cl)cc(Cl)c2Cl)ccn1. The molecule has 1 aromatic carbocycles. The highest BCUT2D eigenvalue weighted by Gasteiger charge is 2.10. The first-order valence-electron chi connectivity index (χ1n) is 5.08. The summed E-state index contributed by atoms with van der Waals surface area (Å²) in [6.45, 7) is 0. The highest BCUT2D eigenvalue weighted by molar-refractivity contribution is 6.45. The summed E-state index contributed by atoms with van der Waals surface area (Å²) in [7, 11) is 0. The van der Waals surface area contributed by atoms with Gasteiger partial charge in [0.1, 0.15) is 0 Å². The molecule has 0 N–H and O–H groups in total. The van der Waals surface area contributed by atoms with Gasteiger partial charge in [-0.1, -0.05) is 34.8 Å². The monoisotopic (exact) mass is 296 g/mol. The van der Waals surface area contributed by atoms with Gasteiger partial charge in [-0.05, 0) is 29.8 Å². The number of hydrogen-bond acceptors (Lipinski definition) is 2. The number of nitriles is 1. The van der Waals surface area contributed by atoms with Crippen LogP contribution in [0.3, 0.4) is 0 Å². The van der Waals surface area contributed by atoms with Crippen molar-refractivity contribution in [2.45, 2.75) is 6.42 Å². The van der Waals surface area contributed by atoms with E-state index in [4.69, 9.17) is 40.1 Å². The van der Waals surface area contributed by atoms with Crippen LogP contribution in [-0.4, -0.2) is 4.98 Å². The second-order valence-electron chi connectivity index (χ2n) is 3.62. The standard InChI is InChI=1S/C13H7Cl3N2/c14-9-6-11(13(16)12(15)7-9)8-2-4-18-10(5-8)1-3-17/h2,4-7H,1H2. The van der Waals surface area contributed by atoms with Crippen LogP contribution in [0.25, 0.3) is 11.1 Å². The van der Waals surface area contributed by atoms with E-state index in [1.165, 1.54) is 0 Å². The van der Waals surface area contributed by atoms with Gasteiger partial charge in [0.2, 0.25) is 0 Å². The molecule has 1 aromatic heterocycles. The fourth-order valence-electron chi connectivity index (χ4n) is 1.59. The van der Waals surface area contributed by atoms with Crippen LogP contribution in [0.5, 0.6) is 0 Å². The highest BCUT2D eigenvalue weighted by atomic mass is 35.5. The summed E-state index contributed by atoms with van der Waals surface area (Å²) in [4.78, 5) is 4.10. The van der Waals surface area contributed by atoms with E-state index >= 15 is 0 Å². The highest BCUT2D eigenvalue weighted by Crippen LogP contribution is 2.36. The summed E-state index contributed by atoms with van der Waals surface area (Å²) < 4.78 is 0.